The van der Waals surface area contributed by atoms with Crippen LogP contribution in [-0.4, -0.2) is 17.9 Å². The molecule has 0 aromatic carbocycles. The zero-order chi connectivity index (χ0) is 11.9. The lowest BCUT2D eigenvalue weighted by Crippen LogP contribution is -2.32. The minimum absolute atomic E-state index is 0.103. The summed E-state index contributed by atoms with van der Waals surface area (Å²) in [5.74, 6) is 0. The van der Waals surface area contributed by atoms with Gasteiger partial charge in [-0.1, -0.05) is 27.4 Å². The summed E-state index contributed by atoms with van der Waals surface area (Å²) < 4.78 is 10.3. The predicted molar refractivity (Wildman–Crippen MR) is 60.8 cm³/mol. The lowest BCUT2D eigenvalue weighted by atomic mass is 9.98. The number of carbonyl (C=O) groups is 1. The van der Waals surface area contributed by atoms with Crippen molar-refractivity contribution in [2.45, 2.75) is 58.7 Å². The Labute approximate surface area is 92.5 Å². The lowest BCUT2D eigenvalue weighted by molar-refractivity contribution is -0.0295. The van der Waals surface area contributed by atoms with Gasteiger partial charge in [-0.3, -0.25) is 0 Å². The molecule has 0 heterocycles. The number of ether oxygens (including phenoxy) is 2. The third-order valence-corrected chi connectivity index (χ3v) is 2.73. The average Bonchev–Trinajstić information content (AvgIpc) is 2.26. The summed E-state index contributed by atoms with van der Waals surface area (Å²) in [7, 11) is 0. The predicted octanol–water partition coefficient (Wildman–Crippen LogP) is 3.68. The molecule has 3 nitrogen and oxygen atoms in total. The third-order valence-electron chi connectivity index (χ3n) is 2.73. The summed E-state index contributed by atoms with van der Waals surface area (Å²) in [6.07, 6.45) is 3.17. The summed E-state index contributed by atoms with van der Waals surface area (Å²) in [5, 5.41) is 0. The van der Waals surface area contributed by atoms with Crippen molar-refractivity contribution in [2.24, 2.45) is 0 Å². The zero-order valence-corrected chi connectivity index (χ0v) is 10.2. The fraction of sp³-hybridized carbons (Fsp3) is 0.750. The molecule has 0 aliphatic rings. The number of rotatable bonds is 6. The molecular weight excluding hydrogens is 192 g/mol. The molecule has 1 unspecified atom stereocenters. The van der Waals surface area contributed by atoms with Crippen molar-refractivity contribution in [1.29, 1.82) is 0 Å². The average molecular weight is 214 g/mol. The lowest BCUT2D eigenvalue weighted by Gasteiger charge is -2.27. The van der Waals surface area contributed by atoms with Crippen molar-refractivity contribution < 1.29 is 14.3 Å². The summed E-state index contributed by atoms with van der Waals surface area (Å²) in [5.41, 5.74) is -0.579. The van der Waals surface area contributed by atoms with Crippen LogP contribution < -0.4 is 0 Å². The van der Waals surface area contributed by atoms with E-state index in [0.29, 0.717) is 12.8 Å². The highest BCUT2D eigenvalue weighted by atomic mass is 16.7. The van der Waals surface area contributed by atoms with E-state index in [0.717, 1.165) is 6.42 Å². The van der Waals surface area contributed by atoms with E-state index in [9.17, 15) is 4.79 Å². The Kier molecular flexibility index (Phi) is 6.06. The van der Waals surface area contributed by atoms with Gasteiger partial charge in [0, 0.05) is 0 Å². The molecule has 0 amide bonds. The molecule has 0 radical (unpaired) electrons. The van der Waals surface area contributed by atoms with E-state index >= 15 is 0 Å². The van der Waals surface area contributed by atoms with Gasteiger partial charge in [0.25, 0.3) is 0 Å². The molecule has 0 fully saturated rings. The highest BCUT2D eigenvalue weighted by Crippen LogP contribution is 2.22. The van der Waals surface area contributed by atoms with Crippen LogP contribution >= 0.6 is 0 Å². The van der Waals surface area contributed by atoms with Crippen LogP contribution in [0.3, 0.4) is 0 Å². The van der Waals surface area contributed by atoms with Gasteiger partial charge < -0.3 is 9.47 Å². The Balaban J connectivity index is 4.29. The Morgan fingerprint density at radius 3 is 2.27 bits per heavy atom. The first kappa shape index (κ1) is 14.0. The van der Waals surface area contributed by atoms with Crippen molar-refractivity contribution in [2.75, 3.05) is 0 Å². The third kappa shape index (κ3) is 4.36. The van der Waals surface area contributed by atoms with Crippen molar-refractivity contribution in [3.05, 3.63) is 12.7 Å². The second-order valence-electron chi connectivity index (χ2n) is 3.66. The monoisotopic (exact) mass is 214 g/mol. The maximum atomic E-state index is 11.4. The summed E-state index contributed by atoms with van der Waals surface area (Å²) in [4.78, 5) is 11.4. The van der Waals surface area contributed by atoms with Gasteiger partial charge in [0.2, 0.25) is 0 Å². The van der Waals surface area contributed by atoms with Crippen LogP contribution in [0.5, 0.6) is 0 Å². The smallest absolute Gasteiger partial charge is 0.431 e. The second kappa shape index (κ2) is 6.49. The molecule has 0 spiro atoms. The van der Waals surface area contributed by atoms with Gasteiger partial charge in [0.15, 0.2) is 0 Å². The van der Waals surface area contributed by atoms with Crippen molar-refractivity contribution in [3.8, 4) is 0 Å². The molecule has 0 aromatic heterocycles. The van der Waals surface area contributed by atoms with Gasteiger partial charge in [-0.15, -0.1) is 0 Å². The Morgan fingerprint density at radius 1 is 1.40 bits per heavy atom. The molecule has 15 heavy (non-hydrogen) atoms. The molecule has 3 heteroatoms. The number of hydrogen-bond acceptors (Lipinski definition) is 3. The molecule has 88 valence electrons. The van der Waals surface area contributed by atoms with Crippen molar-refractivity contribution in [3.63, 3.8) is 0 Å². The first-order chi connectivity index (χ1) is 7.03. The minimum atomic E-state index is -0.604. The van der Waals surface area contributed by atoms with Gasteiger partial charge in [-0.05, 0) is 32.3 Å². The van der Waals surface area contributed by atoms with Crippen molar-refractivity contribution >= 4 is 6.16 Å². The summed E-state index contributed by atoms with van der Waals surface area (Å²) in [6.45, 7) is 11.4. The first-order valence-electron chi connectivity index (χ1n) is 5.56. The standard InChI is InChI=1S/C12H22O3/c1-6-10(5)14-11(13)15-12(7-2,8-3)9-4/h7,10H,2,6,8-9H2,1,3-5H3. The largest absolute Gasteiger partial charge is 0.509 e. The summed E-state index contributed by atoms with van der Waals surface area (Å²) >= 11 is 0. The molecule has 0 saturated heterocycles. The molecule has 0 aliphatic heterocycles. The maximum Gasteiger partial charge on any atom is 0.509 e. The van der Waals surface area contributed by atoms with Crippen LogP contribution in [0.4, 0.5) is 4.79 Å². The molecule has 0 rings (SSSR count). The Hall–Kier alpha value is -0.990. The highest BCUT2D eigenvalue weighted by molar-refractivity contribution is 5.61. The molecule has 0 bridgehead atoms. The van der Waals surface area contributed by atoms with Gasteiger partial charge in [-0.25, -0.2) is 4.79 Å². The van der Waals surface area contributed by atoms with Crippen LogP contribution in [-0.2, 0) is 9.47 Å². The molecule has 0 N–H and O–H groups in total. The topological polar surface area (TPSA) is 35.5 Å². The normalized spacial score (nSPS) is 13.1. The van der Waals surface area contributed by atoms with Crippen LogP contribution in [0.15, 0.2) is 12.7 Å². The highest BCUT2D eigenvalue weighted by Gasteiger charge is 2.28. The van der Waals surface area contributed by atoms with Crippen LogP contribution in [0, 0.1) is 0 Å². The molecule has 0 saturated carbocycles. The SMILES string of the molecule is C=CC(CC)(CC)OC(=O)OC(C)CC. The van der Waals surface area contributed by atoms with E-state index in [1.54, 1.807) is 6.08 Å². The Bertz CT molecular complexity index is 207. The van der Waals surface area contributed by atoms with Gasteiger partial charge in [0.1, 0.15) is 11.7 Å². The minimum Gasteiger partial charge on any atom is -0.431 e. The van der Waals surface area contributed by atoms with Crippen molar-refractivity contribution in [1.82, 2.24) is 0 Å². The quantitative estimate of drug-likeness (QED) is 0.499. The van der Waals surface area contributed by atoms with Gasteiger partial charge >= 0.3 is 6.16 Å². The second-order valence-corrected chi connectivity index (χ2v) is 3.66. The molecular formula is C12H22O3. The molecule has 1 atom stereocenters. The first-order valence-corrected chi connectivity index (χ1v) is 5.56. The zero-order valence-electron chi connectivity index (χ0n) is 10.2. The fourth-order valence-corrected chi connectivity index (χ4v) is 1.16. The summed E-state index contributed by atoms with van der Waals surface area (Å²) in [6, 6.07) is 0. The van der Waals surface area contributed by atoms with Crippen LogP contribution in [0.25, 0.3) is 0 Å². The van der Waals surface area contributed by atoms with Crippen LogP contribution in [0.1, 0.15) is 47.0 Å². The van der Waals surface area contributed by atoms with Crippen LogP contribution in [0.2, 0.25) is 0 Å². The van der Waals surface area contributed by atoms with E-state index in [2.05, 4.69) is 6.58 Å². The number of hydrogen-bond donors (Lipinski definition) is 0. The van der Waals surface area contributed by atoms with E-state index < -0.39 is 11.8 Å². The van der Waals surface area contributed by atoms with E-state index in [-0.39, 0.29) is 6.10 Å². The maximum absolute atomic E-state index is 11.4. The van der Waals surface area contributed by atoms with E-state index in [1.807, 2.05) is 27.7 Å². The van der Waals surface area contributed by atoms with E-state index in [4.69, 9.17) is 9.47 Å². The van der Waals surface area contributed by atoms with Gasteiger partial charge in [0.05, 0.1) is 0 Å². The van der Waals surface area contributed by atoms with Gasteiger partial charge in [-0.2, -0.15) is 0 Å². The molecule has 0 aliphatic carbocycles. The fourth-order valence-electron chi connectivity index (χ4n) is 1.16. The molecule has 0 aromatic rings. The van der Waals surface area contributed by atoms with E-state index in [1.165, 1.54) is 0 Å². The number of carbonyl (C=O) groups excluding carboxylic acids is 1. The Morgan fingerprint density at radius 2 is 1.93 bits per heavy atom.